The summed E-state index contributed by atoms with van der Waals surface area (Å²) in [6.45, 7) is 1.24. The molecule has 1 aromatic rings. The summed E-state index contributed by atoms with van der Waals surface area (Å²) < 4.78 is 10.2. The average Bonchev–Trinajstić information content (AvgIpc) is 2.99. The fourth-order valence-electron chi connectivity index (χ4n) is 1.82. The van der Waals surface area contributed by atoms with E-state index in [4.69, 9.17) is 9.47 Å². The van der Waals surface area contributed by atoms with Crippen molar-refractivity contribution in [2.24, 2.45) is 5.92 Å². The summed E-state index contributed by atoms with van der Waals surface area (Å²) in [5, 5.41) is 0. The van der Waals surface area contributed by atoms with Crippen LogP contribution in [0.25, 0.3) is 0 Å². The molecule has 76 valence electrons. The Morgan fingerprint density at radius 2 is 2.07 bits per heavy atom. The summed E-state index contributed by atoms with van der Waals surface area (Å²) in [4.78, 5) is 0. The van der Waals surface area contributed by atoms with Crippen LogP contribution in [0.2, 0.25) is 0 Å². The van der Waals surface area contributed by atoms with E-state index in [9.17, 15) is 0 Å². The van der Waals surface area contributed by atoms with Crippen molar-refractivity contribution in [1.29, 1.82) is 0 Å². The summed E-state index contributed by atoms with van der Waals surface area (Å²) >= 11 is 0. The van der Waals surface area contributed by atoms with Gasteiger partial charge in [0.2, 0.25) is 0 Å². The van der Waals surface area contributed by atoms with Gasteiger partial charge in [-0.25, -0.2) is 0 Å². The van der Waals surface area contributed by atoms with Gasteiger partial charge in [0.05, 0.1) is 6.61 Å². The summed E-state index contributed by atoms with van der Waals surface area (Å²) in [7, 11) is 1.65. The molecule has 1 aliphatic rings. The predicted molar refractivity (Wildman–Crippen MR) is 55.1 cm³/mol. The minimum Gasteiger partial charge on any atom is -0.359 e. The molecule has 2 heteroatoms. The van der Waals surface area contributed by atoms with Crippen molar-refractivity contribution in [3.8, 4) is 0 Å². The van der Waals surface area contributed by atoms with Crippen LogP contribution < -0.4 is 0 Å². The number of ether oxygens (including phenoxy) is 2. The minimum absolute atomic E-state index is 0.415. The lowest BCUT2D eigenvalue weighted by Gasteiger charge is -2.02. The lowest BCUT2D eigenvalue weighted by Crippen LogP contribution is -2.00. The van der Waals surface area contributed by atoms with Crippen molar-refractivity contribution in [1.82, 2.24) is 0 Å². The smallest absolute Gasteiger partial charge is 0.146 e. The van der Waals surface area contributed by atoms with E-state index in [-0.39, 0.29) is 0 Å². The van der Waals surface area contributed by atoms with Gasteiger partial charge in [-0.15, -0.1) is 0 Å². The average molecular weight is 192 g/mol. The van der Waals surface area contributed by atoms with Gasteiger partial charge in [0.1, 0.15) is 6.79 Å². The number of hydrogen-bond donors (Lipinski definition) is 0. The highest BCUT2D eigenvalue weighted by atomic mass is 16.7. The second kappa shape index (κ2) is 4.58. The van der Waals surface area contributed by atoms with Crippen molar-refractivity contribution >= 4 is 0 Å². The zero-order chi connectivity index (χ0) is 9.80. The molecule has 1 aliphatic carbocycles. The minimum atomic E-state index is 0.415. The Morgan fingerprint density at radius 1 is 1.29 bits per heavy atom. The maximum Gasteiger partial charge on any atom is 0.146 e. The third kappa shape index (κ3) is 2.34. The van der Waals surface area contributed by atoms with Crippen molar-refractivity contribution in [2.45, 2.75) is 12.3 Å². The fourth-order valence-corrected chi connectivity index (χ4v) is 1.82. The molecule has 0 aliphatic heterocycles. The van der Waals surface area contributed by atoms with Gasteiger partial charge < -0.3 is 9.47 Å². The Labute approximate surface area is 84.8 Å². The van der Waals surface area contributed by atoms with Crippen LogP contribution in [0.3, 0.4) is 0 Å². The monoisotopic (exact) mass is 192 g/mol. The van der Waals surface area contributed by atoms with E-state index in [2.05, 4.69) is 30.3 Å². The van der Waals surface area contributed by atoms with Crippen LogP contribution in [0.5, 0.6) is 0 Å². The molecular weight excluding hydrogens is 176 g/mol. The van der Waals surface area contributed by atoms with Gasteiger partial charge in [-0.3, -0.25) is 0 Å². The largest absolute Gasteiger partial charge is 0.359 e. The van der Waals surface area contributed by atoms with E-state index in [1.165, 1.54) is 12.0 Å². The first-order valence-electron chi connectivity index (χ1n) is 5.03. The molecule has 2 nitrogen and oxygen atoms in total. The van der Waals surface area contributed by atoms with E-state index in [1.54, 1.807) is 7.11 Å². The molecule has 0 aromatic heterocycles. The summed E-state index contributed by atoms with van der Waals surface area (Å²) in [6, 6.07) is 10.6. The van der Waals surface area contributed by atoms with Crippen molar-refractivity contribution in [2.75, 3.05) is 20.5 Å². The molecule has 2 atom stereocenters. The molecule has 0 radical (unpaired) electrons. The van der Waals surface area contributed by atoms with Crippen LogP contribution in [0.1, 0.15) is 17.9 Å². The SMILES string of the molecule is COCOC[C@@H]1C[C@H]1c1ccccc1. The number of benzene rings is 1. The highest BCUT2D eigenvalue weighted by Gasteiger charge is 2.37. The van der Waals surface area contributed by atoms with E-state index in [0.29, 0.717) is 18.6 Å². The molecule has 0 bridgehead atoms. The van der Waals surface area contributed by atoms with Crippen molar-refractivity contribution in [3.05, 3.63) is 35.9 Å². The molecule has 1 saturated carbocycles. The summed E-state index contributed by atoms with van der Waals surface area (Å²) in [5.41, 5.74) is 1.44. The van der Waals surface area contributed by atoms with E-state index in [0.717, 1.165) is 6.61 Å². The lowest BCUT2D eigenvalue weighted by molar-refractivity contribution is -0.0348. The molecule has 0 spiro atoms. The van der Waals surface area contributed by atoms with E-state index in [1.807, 2.05) is 0 Å². The van der Waals surface area contributed by atoms with Gasteiger partial charge in [0.15, 0.2) is 0 Å². The fraction of sp³-hybridized carbons (Fsp3) is 0.500. The molecule has 0 unspecified atom stereocenters. The second-order valence-electron chi connectivity index (χ2n) is 3.79. The second-order valence-corrected chi connectivity index (χ2v) is 3.79. The van der Waals surface area contributed by atoms with Crippen LogP contribution in [0.4, 0.5) is 0 Å². The first-order chi connectivity index (χ1) is 6.92. The molecular formula is C12H16O2. The van der Waals surface area contributed by atoms with Crippen LogP contribution in [0.15, 0.2) is 30.3 Å². The topological polar surface area (TPSA) is 18.5 Å². The zero-order valence-corrected chi connectivity index (χ0v) is 8.48. The van der Waals surface area contributed by atoms with Crippen LogP contribution >= 0.6 is 0 Å². The summed E-state index contributed by atoms with van der Waals surface area (Å²) in [5.74, 6) is 1.42. The normalized spacial score (nSPS) is 24.9. The Morgan fingerprint density at radius 3 is 2.79 bits per heavy atom. The molecule has 0 heterocycles. The maximum atomic E-state index is 5.34. The first-order valence-corrected chi connectivity index (χ1v) is 5.03. The van der Waals surface area contributed by atoms with Crippen LogP contribution in [-0.4, -0.2) is 20.5 Å². The highest BCUT2D eigenvalue weighted by molar-refractivity contribution is 5.25. The van der Waals surface area contributed by atoms with Gasteiger partial charge in [-0.05, 0) is 23.8 Å². The molecule has 1 aromatic carbocycles. The van der Waals surface area contributed by atoms with Gasteiger partial charge in [-0.1, -0.05) is 30.3 Å². The van der Waals surface area contributed by atoms with Gasteiger partial charge >= 0.3 is 0 Å². The third-order valence-corrected chi connectivity index (χ3v) is 2.68. The van der Waals surface area contributed by atoms with Crippen LogP contribution in [0, 0.1) is 5.92 Å². The molecule has 0 N–H and O–H groups in total. The van der Waals surface area contributed by atoms with Crippen molar-refractivity contribution < 1.29 is 9.47 Å². The summed E-state index contributed by atoms with van der Waals surface area (Å²) in [6.07, 6.45) is 1.26. The van der Waals surface area contributed by atoms with Gasteiger partial charge in [0, 0.05) is 7.11 Å². The number of hydrogen-bond acceptors (Lipinski definition) is 2. The van der Waals surface area contributed by atoms with Crippen LogP contribution in [-0.2, 0) is 9.47 Å². The standard InChI is InChI=1S/C12H16O2/c1-13-9-14-8-11-7-12(11)10-5-3-2-4-6-10/h2-6,11-12H,7-9H2,1H3/t11-,12-/m0/s1. The van der Waals surface area contributed by atoms with Gasteiger partial charge in [-0.2, -0.15) is 0 Å². The Hall–Kier alpha value is -0.860. The molecule has 14 heavy (non-hydrogen) atoms. The third-order valence-electron chi connectivity index (χ3n) is 2.68. The molecule has 0 amide bonds. The molecule has 1 fully saturated rings. The van der Waals surface area contributed by atoms with Crippen molar-refractivity contribution in [3.63, 3.8) is 0 Å². The quantitative estimate of drug-likeness (QED) is 0.527. The van der Waals surface area contributed by atoms with Gasteiger partial charge in [0.25, 0.3) is 0 Å². The Kier molecular flexibility index (Phi) is 3.17. The molecule has 0 saturated heterocycles. The lowest BCUT2D eigenvalue weighted by atomic mass is 10.1. The predicted octanol–water partition coefficient (Wildman–Crippen LogP) is 2.41. The van der Waals surface area contributed by atoms with E-state index < -0.39 is 0 Å². The first kappa shape index (κ1) is 9.69. The number of rotatable bonds is 5. The molecule has 2 rings (SSSR count). The zero-order valence-electron chi connectivity index (χ0n) is 8.48. The highest BCUT2D eigenvalue weighted by Crippen LogP contribution is 2.47. The Bertz CT molecular complexity index is 271. The Balaban J connectivity index is 1.76. The van der Waals surface area contributed by atoms with E-state index >= 15 is 0 Å². The maximum absolute atomic E-state index is 5.34. The number of methoxy groups -OCH3 is 1.